The van der Waals surface area contributed by atoms with E-state index in [2.05, 4.69) is 20.4 Å². The van der Waals surface area contributed by atoms with Gasteiger partial charge in [-0.05, 0) is 43.9 Å². The highest BCUT2D eigenvalue weighted by atomic mass is 16.2. The minimum Gasteiger partial charge on any atom is -0.349 e. The second-order valence-electron chi connectivity index (χ2n) is 9.54. The lowest BCUT2D eigenvalue weighted by Gasteiger charge is -2.25. The molecule has 2 amide bonds. The second kappa shape index (κ2) is 9.13. The van der Waals surface area contributed by atoms with Gasteiger partial charge in [0.25, 0.3) is 5.91 Å². The third kappa shape index (κ3) is 4.05. The minimum atomic E-state index is -0.122. The van der Waals surface area contributed by atoms with Crippen molar-refractivity contribution in [3.8, 4) is 0 Å². The number of nitrogens with one attached hydrogen (secondary N) is 1. The number of hydrogen-bond acceptors (Lipinski definition) is 5. The number of imidazole rings is 1. The van der Waals surface area contributed by atoms with Crippen LogP contribution < -0.4 is 5.32 Å². The van der Waals surface area contributed by atoms with Crippen molar-refractivity contribution < 1.29 is 9.59 Å². The molecule has 1 saturated carbocycles. The minimum absolute atomic E-state index is 0.0850. The predicted molar refractivity (Wildman–Crippen MR) is 131 cm³/mol. The van der Waals surface area contributed by atoms with Crippen LogP contribution in [-0.4, -0.2) is 53.5 Å². The Kier molecular flexibility index (Phi) is 5.67. The van der Waals surface area contributed by atoms with Gasteiger partial charge in [0.1, 0.15) is 5.56 Å². The van der Waals surface area contributed by atoms with Crippen molar-refractivity contribution in [1.29, 1.82) is 0 Å². The molecule has 4 heterocycles. The Balaban J connectivity index is 1.20. The molecular formula is C26H29N7O2. The predicted octanol–water partition coefficient (Wildman–Crippen LogP) is 3.51. The molecule has 0 spiro atoms. The third-order valence-electron chi connectivity index (χ3n) is 7.37. The molecule has 35 heavy (non-hydrogen) atoms. The third-order valence-corrected chi connectivity index (χ3v) is 7.37. The SMILES string of the molecule is O=C(NC1CCCC1)c1cnn2c(C3CCCN3C(=O)CCn3cnc4ccccc43)ccnc12. The maximum Gasteiger partial charge on any atom is 0.256 e. The van der Waals surface area contributed by atoms with Crippen LogP contribution in [0.2, 0.25) is 0 Å². The van der Waals surface area contributed by atoms with Crippen LogP contribution >= 0.6 is 0 Å². The summed E-state index contributed by atoms with van der Waals surface area (Å²) in [6.45, 7) is 1.30. The summed E-state index contributed by atoms with van der Waals surface area (Å²) in [5, 5.41) is 7.64. The monoisotopic (exact) mass is 471 g/mol. The lowest BCUT2D eigenvalue weighted by atomic mass is 10.1. The van der Waals surface area contributed by atoms with Crippen LogP contribution in [0.5, 0.6) is 0 Å². The topological polar surface area (TPSA) is 97.4 Å². The van der Waals surface area contributed by atoms with Crippen molar-refractivity contribution in [2.24, 2.45) is 0 Å². The zero-order valence-corrected chi connectivity index (χ0v) is 19.6. The smallest absolute Gasteiger partial charge is 0.256 e. The van der Waals surface area contributed by atoms with Gasteiger partial charge < -0.3 is 14.8 Å². The largest absolute Gasteiger partial charge is 0.349 e. The molecule has 2 aliphatic rings. The van der Waals surface area contributed by atoms with Crippen LogP contribution in [0.3, 0.4) is 0 Å². The van der Waals surface area contributed by atoms with E-state index in [-0.39, 0.29) is 23.9 Å². The van der Waals surface area contributed by atoms with Crippen molar-refractivity contribution in [1.82, 2.24) is 34.4 Å². The first-order valence-corrected chi connectivity index (χ1v) is 12.5. The van der Waals surface area contributed by atoms with Gasteiger partial charge in [-0.3, -0.25) is 9.59 Å². The fourth-order valence-corrected chi connectivity index (χ4v) is 5.58. The Morgan fingerprint density at radius 1 is 1.03 bits per heavy atom. The van der Waals surface area contributed by atoms with Gasteiger partial charge in [0, 0.05) is 31.7 Å². The van der Waals surface area contributed by atoms with Crippen molar-refractivity contribution in [3.63, 3.8) is 0 Å². The highest BCUT2D eigenvalue weighted by molar-refractivity contribution is 5.99. The van der Waals surface area contributed by atoms with E-state index in [9.17, 15) is 9.59 Å². The number of rotatable bonds is 6. The summed E-state index contributed by atoms with van der Waals surface area (Å²) in [6, 6.07) is 10.0. The first-order chi connectivity index (χ1) is 17.2. The molecule has 9 nitrogen and oxygen atoms in total. The molecule has 0 radical (unpaired) electrons. The summed E-state index contributed by atoms with van der Waals surface area (Å²) in [6.07, 6.45) is 11.7. The molecule has 1 N–H and O–H groups in total. The molecule has 1 aliphatic heterocycles. The summed E-state index contributed by atoms with van der Waals surface area (Å²) >= 11 is 0. The average Bonchev–Trinajstić information content (AvgIpc) is 3.68. The number of carbonyl (C=O) groups excluding carboxylic acids is 2. The molecule has 1 atom stereocenters. The van der Waals surface area contributed by atoms with E-state index in [4.69, 9.17) is 0 Å². The normalized spacial score (nSPS) is 18.6. The molecule has 180 valence electrons. The summed E-state index contributed by atoms with van der Waals surface area (Å²) in [5.74, 6) is -0.00920. The molecule has 6 rings (SSSR count). The fraction of sp³-hybridized carbons (Fsp3) is 0.423. The summed E-state index contributed by atoms with van der Waals surface area (Å²) in [7, 11) is 0. The highest BCUT2D eigenvalue weighted by Crippen LogP contribution is 2.33. The van der Waals surface area contributed by atoms with E-state index in [0.717, 1.165) is 55.3 Å². The van der Waals surface area contributed by atoms with Gasteiger partial charge in [-0.25, -0.2) is 14.5 Å². The van der Waals surface area contributed by atoms with E-state index in [1.54, 1.807) is 23.2 Å². The number of para-hydroxylation sites is 2. The maximum atomic E-state index is 13.3. The van der Waals surface area contributed by atoms with Gasteiger partial charge in [0.2, 0.25) is 5.91 Å². The number of aromatic nitrogens is 5. The Bertz CT molecular complexity index is 1380. The van der Waals surface area contributed by atoms with Crippen LogP contribution in [0.4, 0.5) is 0 Å². The van der Waals surface area contributed by atoms with Crippen molar-refractivity contribution in [2.75, 3.05) is 6.54 Å². The zero-order chi connectivity index (χ0) is 23.8. The van der Waals surface area contributed by atoms with Crippen molar-refractivity contribution in [3.05, 3.63) is 60.3 Å². The molecule has 4 aromatic rings. The van der Waals surface area contributed by atoms with Crippen LogP contribution in [0.1, 0.15) is 67.0 Å². The van der Waals surface area contributed by atoms with Gasteiger partial charge >= 0.3 is 0 Å². The molecule has 9 heteroatoms. The van der Waals surface area contributed by atoms with Crippen molar-refractivity contribution in [2.45, 2.75) is 63.6 Å². The van der Waals surface area contributed by atoms with E-state index >= 15 is 0 Å². The van der Waals surface area contributed by atoms with E-state index in [1.165, 1.54) is 0 Å². The molecule has 1 saturated heterocycles. The number of amides is 2. The van der Waals surface area contributed by atoms with Crippen LogP contribution in [0.25, 0.3) is 16.7 Å². The van der Waals surface area contributed by atoms with Gasteiger partial charge in [-0.15, -0.1) is 0 Å². The second-order valence-corrected chi connectivity index (χ2v) is 9.54. The quantitative estimate of drug-likeness (QED) is 0.464. The number of fused-ring (bicyclic) bond motifs is 2. The number of likely N-dealkylation sites (tertiary alicyclic amines) is 1. The molecular weight excluding hydrogens is 442 g/mol. The lowest BCUT2D eigenvalue weighted by molar-refractivity contribution is -0.132. The summed E-state index contributed by atoms with van der Waals surface area (Å²) in [5.41, 5.74) is 3.90. The highest BCUT2D eigenvalue weighted by Gasteiger charge is 2.32. The number of nitrogens with zero attached hydrogens (tertiary/aromatic N) is 6. The summed E-state index contributed by atoms with van der Waals surface area (Å²) in [4.78, 5) is 37.0. The molecule has 1 aliphatic carbocycles. The first kappa shape index (κ1) is 21.8. The summed E-state index contributed by atoms with van der Waals surface area (Å²) < 4.78 is 3.77. The molecule has 3 aromatic heterocycles. The van der Waals surface area contributed by atoms with Crippen LogP contribution in [0, 0.1) is 0 Å². The number of carbonyl (C=O) groups is 2. The van der Waals surface area contributed by atoms with Gasteiger partial charge in [-0.2, -0.15) is 5.10 Å². The van der Waals surface area contributed by atoms with E-state index in [0.29, 0.717) is 30.7 Å². The average molecular weight is 472 g/mol. The van der Waals surface area contributed by atoms with E-state index < -0.39 is 0 Å². The Morgan fingerprint density at radius 3 is 2.77 bits per heavy atom. The molecule has 2 fully saturated rings. The molecule has 1 unspecified atom stereocenters. The first-order valence-electron chi connectivity index (χ1n) is 12.5. The standard InChI is InChI=1S/C26H29N7O2/c34-24(12-15-31-17-28-20-8-3-4-9-21(20)31)32-14-5-10-22(32)23-11-13-27-25-19(16-29-33(23)25)26(35)30-18-6-1-2-7-18/h3-4,8-9,11,13,16-18,22H,1-2,5-7,10,12,14-15H2,(H,30,35). The van der Waals surface area contributed by atoms with Gasteiger partial charge in [0.15, 0.2) is 5.65 Å². The van der Waals surface area contributed by atoms with Gasteiger partial charge in [-0.1, -0.05) is 25.0 Å². The Labute approximate surface area is 203 Å². The molecule has 1 aromatic carbocycles. The lowest BCUT2D eigenvalue weighted by Crippen LogP contribution is -2.33. The van der Waals surface area contributed by atoms with Crippen LogP contribution in [-0.2, 0) is 11.3 Å². The number of aryl methyl sites for hydroxylation is 1. The fourth-order valence-electron chi connectivity index (χ4n) is 5.58. The van der Waals surface area contributed by atoms with Gasteiger partial charge in [0.05, 0.1) is 35.3 Å². The Morgan fingerprint density at radius 2 is 1.89 bits per heavy atom. The van der Waals surface area contributed by atoms with Crippen LogP contribution in [0.15, 0.2) is 49.1 Å². The maximum absolute atomic E-state index is 13.3. The van der Waals surface area contributed by atoms with Crippen molar-refractivity contribution >= 4 is 28.5 Å². The zero-order valence-electron chi connectivity index (χ0n) is 19.6. The number of benzene rings is 1. The van der Waals surface area contributed by atoms with E-state index in [1.807, 2.05) is 39.8 Å². The Hall–Kier alpha value is -3.75. The molecule has 0 bridgehead atoms. The number of hydrogen-bond donors (Lipinski definition) is 1.